The van der Waals surface area contributed by atoms with Crippen molar-refractivity contribution in [2.24, 2.45) is 4.99 Å². The maximum absolute atomic E-state index is 11.7. The van der Waals surface area contributed by atoms with Gasteiger partial charge in [-0.1, -0.05) is 0 Å². The van der Waals surface area contributed by atoms with Crippen LogP contribution in [0.5, 0.6) is 0 Å². The van der Waals surface area contributed by atoms with Gasteiger partial charge in [-0.3, -0.25) is 14.7 Å². The summed E-state index contributed by atoms with van der Waals surface area (Å²) >= 11 is 1.71. The lowest BCUT2D eigenvalue weighted by molar-refractivity contribution is -0.129. The molecule has 0 aromatic carbocycles. The fourth-order valence-electron chi connectivity index (χ4n) is 2.57. The molecule has 1 aromatic rings. The van der Waals surface area contributed by atoms with Crippen LogP contribution in [0.4, 0.5) is 0 Å². The number of nitrogens with one attached hydrogen (secondary N) is 1. The molecule has 0 saturated carbocycles. The van der Waals surface area contributed by atoms with Gasteiger partial charge in [0.1, 0.15) is 0 Å². The normalized spacial score (nSPS) is 16.5. The highest BCUT2D eigenvalue weighted by molar-refractivity contribution is 7.07. The molecule has 1 aromatic heterocycles. The lowest BCUT2D eigenvalue weighted by Gasteiger charge is -2.36. The first-order valence-corrected chi connectivity index (χ1v) is 8.93. The number of guanidine groups is 1. The summed E-state index contributed by atoms with van der Waals surface area (Å²) in [6, 6.07) is 2.13. The molecule has 1 fully saturated rings. The van der Waals surface area contributed by atoms with E-state index in [0.717, 1.165) is 45.2 Å². The van der Waals surface area contributed by atoms with Gasteiger partial charge in [-0.25, -0.2) is 0 Å². The number of thiophene rings is 1. The van der Waals surface area contributed by atoms with E-state index in [4.69, 9.17) is 0 Å². The third kappa shape index (κ3) is 5.51. The maximum atomic E-state index is 11.7. The van der Waals surface area contributed by atoms with Crippen LogP contribution in [0, 0.1) is 0 Å². The second kappa shape index (κ2) is 8.88. The fraction of sp³-hybridized carbons (Fsp3) is 0.625. The number of hydrogen-bond acceptors (Lipinski definition) is 4. The predicted octanol–water partition coefficient (Wildman–Crippen LogP) is 0.919. The molecule has 1 aliphatic heterocycles. The van der Waals surface area contributed by atoms with Gasteiger partial charge in [-0.05, 0) is 22.4 Å². The number of amides is 1. The Morgan fingerprint density at radius 2 is 2.09 bits per heavy atom. The molecule has 0 bridgehead atoms. The number of piperazine rings is 1. The molecule has 128 valence electrons. The van der Waals surface area contributed by atoms with E-state index in [9.17, 15) is 4.79 Å². The summed E-state index contributed by atoms with van der Waals surface area (Å²) in [6.07, 6.45) is 0.595. The van der Waals surface area contributed by atoms with Crippen molar-refractivity contribution in [1.29, 1.82) is 0 Å². The van der Waals surface area contributed by atoms with Crippen LogP contribution in [-0.4, -0.2) is 80.4 Å². The first kappa shape index (κ1) is 17.7. The van der Waals surface area contributed by atoms with Crippen LogP contribution in [-0.2, 0) is 11.3 Å². The maximum Gasteiger partial charge on any atom is 0.223 e. The van der Waals surface area contributed by atoms with E-state index < -0.39 is 0 Å². The van der Waals surface area contributed by atoms with E-state index in [1.54, 1.807) is 16.2 Å². The smallest absolute Gasteiger partial charge is 0.223 e. The van der Waals surface area contributed by atoms with Crippen molar-refractivity contribution in [3.8, 4) is 0 Å². The van der Waals surface area contributed by atoms with Gasteiger partial charge in [0.25, 0.3) is 0 Å². The standard InChI is InChI=1S/C16H27N5OS/c1-17-16(18-12-14-5-11-23-13-14)21-9-7-20(8-10-21)6-4-15(22)19(2)3/h5,11,13H,4,6-10,12H2,1-3H3,(H,17,18). The summed E-state index contributed by atoms with van der Waals surface area (Å²) in [5.74, 6) is 1.15. The molecule has 2 rings (SSSR count). The van der Waals surface area contributed by atoms with E-state index in [-0.39, 0.29) is 5.91 Å². The second-order valence-electron chi connectivity index (χ2n) is 5.90. The van der Waals surface area contributed by atoms with Crippen molar-refractivity contribution in [2.75, 3.05) is 53.9 Å². The third-order valence-electron chi connectivity index (χ3n) is 4.06. The highest BCUT2D eigenvalue weighted by Crippen LogP contribution is 2.07. The van der Waals surface area contributed by atoms with Crippen molar-refractivity contribution < 1.29 is 4.79 Å². The van der Waals surface area contributed by atoms with Crippen LogP contribution < -0.4 is 5.32 Å². The lowest BCUT2D eigenvalue weighted by atomic mass is 10.3. The van der Waals surface area contributed by atoms with Gasteiger partial charge >= 0.3 is 0 Å². The summed E-state index contributed by atoms with van der Waals surface area (Å²) in [6.45, 7) is 5.48. The van der Waals surface area contributed by atoms with Crippen molar-refractivity contribution in [2.45, 2.75) is 13.0 Å². The number of carbonyl (C=O) groups is 1. The molecule has 0 unspecified atom stereocenters. The summed E-state index contributed by atoms with van der Waals surface area (Å²) in [7, 11) is 5.45. The number of aliphatic imine (C=N–C) groups is 1. The van der Waals surface area contributed by atoms with Gasteiger partial charge in [0.2, 0.25) is 5.91 Å². The first-order valence-electron chi connectivity index (χ1n) is 7.99. The SMILES string of the molecule is CN=C(NCc1ccsc1)N1CCN(CCC(=O)N(C)C)CC1. The Hall–Kier alpha value is -1.60. The Morgan fingerprint density at radius 3 is 2.65 bits per heavy atom. The van der Waals surface area contributed by atoms with Gasteiger partial charge in [0.05, 0.1) is 0 Å². The van der Waals surface area contributed by atoms with Crippen LogP contribution >= 0.6 is 11.3 Å². The molecular formula is C16H27N5OS. The monoisotopic (exact) mass is 337 g/mol. The summed E-state index contributed by atoms with van der Waals surface area (Å²) in [5, 5.41) is 7.67. The summed E-state index contributed by atoms with van der Waals surface area (Å²) in [4.78, 5) is 22.4. The minimum atomic E-state index is 0.195. The Bertz CT molecular complexity index is 507. The zero-order valence-electron chi connectivity index (χ0n) is 14.3. The van der Waals surface area contributed by atoms with Crippen LogP contribution in [0.15, 0.2) is 21.8 Å². The third-order valence-corrected chi connectivity index (χ3v) is 4.79. The number of nitrogens with zero attached hydrogens (tertiary/aromatic N) is 4. The Balaban J connectivity index is 1.73. The Labute approximate surface area is 142 Å². The molecule has 1 saturated heterocycles. The molecule has 2 heterocycles. The minimum Gasteiger partial charge on any atom is -0.352 e. The minimum absolute atomic E-state index is 0.195. The van der Waals surface area contributed by atoms with E-state index in [1.165, 1.54) is 5.56 Å². The van der Waals surface area contributed by atoms with Crippen molar-refractivity contribution in [1.82, 2.24) is 20.0 Å². The van der Waals surface area contributed by atoms with Gasteiger partial charge in [-0.15, -0.1) is 0 Å². The molecule has 0 aliphatic carbocycles. The molecule has 7 heteroatoms. The fourth-order valence-corrected chi connectivity index (χ4v) is 3.24. The van der Waals surface area contributed by atoms with E-state index in [2.05, 4.69) is 36.9 Å². The van der Waals surface area contributed by atoms with E-state index in [0.29, 0.717) is 6.42 Å². The van der Waals surface area contributed by atoms with E-state index >= 15 is 0 Å². The van der Waals surface area contributed by atoms with E-state index in [1.807, 2.05) is 21.1 Å². The molecule has 0 spiro atoms. The number of hydrogen-bond donors (Lipinski definition) is 1. The summed E-state index contributed by atoms with van der Waals surface area (Å²) in [5.41, 5.74) is 1.29. The lowest BCUT2D eigenvalue weighted by Crippen LogP contribution is -2.52. The molecule has 0 radical (unpaired) electrons. The summed E-state index contributed by atoms with van der Waals surface area (Å²) < 4.78 is 0. The highest BCUT2D eigenvalue weighted by atomic mass is 32.1. The van der Waals surface area contributed by atoms with Gasteiger partial charge in [0, 0.05) is 66.8 Å². The molecule has 23 heavy (non-hydrogen) atoms. The first-order chi connectivity index (χ1) is 11.1. The second-order valence-corrected chi connectivity index (χ2v) is 6.68. The van der Waals surface area contributed by atoms with Crippen molar-refractivity contribution in [3.05, 3.63) is 22.4 Å². The average Bonchev–Trinajstić information content (AvgIpc) is 3.07. The molecule has 1 N–H and O–H groups in total. The molecular weight excluding hydrogens is 310 g/mol. The van der Waals surface area contributed by atoms with Crippen LogP contribution in [0.1, 0.15) is 12.0 Å². The molecule has 6 nitrogen and oxygen atoms in total. The van der Waals surface area contributed by atoms with Gasteiger partial charge in [0.15, 0.2) is 5.96 Å². The van der Waals surface area contributed by atoms with Crippen LogP contribution in [0.3, 0.4) is 0 Å². The largest absolute Gasteiger partial charge is 0.352 e. The van der Waals surface area contributed by atoms with Crippen LogP contribution in [0.25, 0.3) is 0 Å². The number of carbonyl (C=O) groups excluding carboxylic acids is 1. The molecule has 0 atom stereocenters. The quantitative estimate of drug-likeness (QED) is 0.641. The molecule has 1 amide bonds. The highest BCUT2D eigenvalue weighted by Gasteiger charge is 2.20. The van der Waals surface area contributed by atoms with Crippen molar-refractivity contribution >= 4 is 23.2 Å². The zero-order chi connectivity index (χ0) is 16.7. The van der Waals surface area contributed by atoms with Gasteiger partial charge < -0.3 is 15.1 Å². The Kier molecular flexibility index (Phi) is 6.85. The topological polar surface area (TPSA) is 51.2 Å². The average molecular weight is 337 g/mol. The predicted molar refractivity (Wildman–Crippen MR) is 95.8 cm³/mol. The Morgan fingerprint density at radius 1 is 1.35 bits per heavy atom. The van der Waals surface area contributed by atoms with Crippen molar-refractivity contribution in [3.63, 3.8) is 0 Å². The zero-order valence-corrected chi connectivity index (χ0v) is 15.1. The van der Waals surface area contributed by atoms with Gasteiger partial charge in [-0.2, -0.15) is 11.3 Å². The number of rotatable bonds is 5. The van der Waals surface area contributed by atoms with Crippen LogP contribution in [0.2, 0.25) is 0 Å². The molecule has 1 aliphatic rings.